The minimum Gasteiger partial charge on any atom is -0.465 e. The molecule has 0 saturated heterocycles. The number of primary amides is 1. The highest BCUT2D eigenvalue weighted by Gasteiger charge is 2.26. The van der Waals surface area contributed by atoms with Crippen molar-refractivity contribution in [2.75, 3.05) is 18.9 Å². The zero-order valence-corrected chi connectivity index (χ0v) is 15.5. The summed E-state index contributed by atoms with van der Waals surface area (Å²) in [6, 6.07) is 6.02. The summed E-state index contributed by atoms with van der Waals surface area (Å²) in [7, 11) is -2.29. The molecule has 0 spiro atoms. The molecule has 148 valence electrons. The smallest absolute Gasteiger partial charge is 0.339 e. The second-order valence-corrected chi connectivity index (χ2v) is 7.01. The van der Waals surface area contributed by atoms with Gasteiger partial charge in [-0.25, -0.2) is 22.4 Å². The minimum atomic E-state index is -4.45. The van der Waals surface area contributed by atoms with Crippen LogP contribution in [0.15, 0.2) is 41.3 Å². The van der Waals surface area contributed by atoms with Crippen LogP contribution < -0.4 is 10.5 Å². The molecular formula is C17H15FN2O7S. The molecule has 0 saturated carbocycles. The van der Waals surface area contributed by atoms with E-state index in [9.17, 15) is 27.2 Å². The summed E-state index contributed by atoms with van der Waals surface area (Å²) in [6.45, 7) is 0. The van der Waals surface area contributed by atoms with Crippen LogP contribution in [0.5, 0.6) is 0 Å². The van der Waals surface area contributed by atoms with Crippen LogP contribution in [0.25, 0.3) is 0 Å². The highest BCUT2D eigenvalue weighted by molar-refractivity contribution is 7.92. The summed E-state index contributed by atoms with van der Waals surface area (Å²) in [4.78, 5) is 34.3. The van der Waals surface area contributed by atoms with E-state index in [1.807, 2.05) is 0 Å². The van der Waals surface area contributed by atoms with E-state index in [2.05, 4.69) is 14.2 Å². The lowest BCUT2D eigenvalue weighted by molar-refractivity contribution is 0.0583. The normalized spacial score (nSPS) is 10.8. The maximum atomic E-state index is 13.6. The number of hydrogen-bond acceptors (Lipinski definition) is 7. The molecule has 0 aromatic heterocycles. The molecule has 28 heavy (non-hydrogen) atoms. The molecule has 0 heterocycles. The Hall–Kier alpha value is -3.47. The summed E-state index contributed by atoms with van der Waals surface area (Å²) >= 11 is 0. The average Bonchev–Trinajstić information content (AvgIpc) is 2.67. The van der Waals surface area contributed by atoms with Gasteiger partial charge >= 0.3 is 11.9 Å². The molecule has 1 amide bonds. The average molecular weight is 410 g/mol. The predicted octanol–water partition coefficient (Wildman–Crippen LogP) is 1.30. The van der Waals surface area contributed by atoms with Gasteiger partial charge in [0.05, 0.1) is 30.9 Å². The largest absolute Gasteiger partial charge is 0.465 e. The summed E-state index contributed by atoms with van der Waals surface area (Å²) in [5.41, 5.74) is 3.84. The number of anilines is 1. The summed E-state index contributed by atoms with van der Waals surface area (Å²) < 4.78 is 50.4. The quantitative estimate of drug-likeness (QED) is 0.684. The van der Waals surface area contributed by atoms with Crippen LogP contribution in [0.3, 0.4) is 0 Å². The Morgan fingerprint density at radius 2 is 1.61 bits per heavy atom. The molecule has 3 N–H and O–H groups in total. The van der Waals surface area contributed by atoms with Gasteiger partial charge in [-0.3, -0.25) is 9.52 Å². The van der Waals surface area contributed by atoms with Gasteiger partial charge < -0.3 is 15.2 Å². The lowest BCUT2D eigenvalue weighted by Crippen LogP contribution is -2.19. The van der Waals surface area contributed by atoms with Gasteiger partial charge in [0.15, 0.2) is 0 Å². The van der Waals surface area contributed by atoms with Crippen molar-refractivity contribution in [3.8, 4) is 0 Å². The number of benzene rings is 2. The first-order valence-corrected chi connectivity index (χ1v) is 9.02. The van der Waals surface area contributed by atoms with Crippen LogP contribution in [0.1, 0.15) is 31.1 Å². The van der Waals surface area contributed by atoms with Crippen LogP contribution in [-0.4, -0.2) is 40.5 Å². The van der Waals surface area contributed by atoms with Gasteiger partial charge in [-0.2, -0.15) is 0 Å². The van der Waals surface area contributed by atoms with E-state index in [1.54, 1.807) is 0 Å². The van der Waals surface area contributed by atoms with Crippen LogP contribution in [0, 0.1) is 5.82 Å². The van der Waals surface area contributed by atoms with E-state index >= 15 is 0 Å². The fraction of sp³-hybridized carbons (Fsp3) is 0.118. The van der Waals surface area contributed by atoms with E-state index < -0.39 is 44.1 Å². The SMILES string of the molecule is COC(=O)c1ccc(C(=O)OC)c(S(=O)(=O)Nc2ccc(F)c(C(N)=O)c2)c1. The van der Waals surface area contributed by atoms with Gasteiger partial charge in [-0.15, -0.1) is 0 Å². The lowest BCUT2D eigenvalue weighted by atomic mass is 10.1. The number of carbonyl (C=O) groups excluding carboxylic acids is 3. The molecule has 0 atom stereocenters. The number of methoxy groups -OCH3 is 2. The maximum Gasteiger partial charge on any atom is 0.339 e. The van der Waals surface area contributed by atoms with Crippen molar-refractivity contribution in [1.82, 2.24) is 0 Å². The third-order valence-corrected chi connectivity index (χ3v) is 5.00. The number of hydrogen-bond donors (Lipinski definition) is 2. The van der Waals surface area contributed by atoms with Crippen molar-refractivity contribution in [1.29, 1.82) is 0 Å². The van der Waals surface area contributed by atoms with Crippen LogP contribution in [0.2, 0.25) is 0 Å². The Bertz CT molecular complexity index is 1070. The van der Waals surface area contributed by atoms with Crippen molar-refractivity contribution < 1.29 is 36.7 Å². The van der Waals surface area contributed by atoms with E-state index in [4.69, 9.17) is 5.73 Å². The molecule has 0 bridgehead atoms. The monoisotopic (exact) mass is 410 g/mol. The standard InChI is InChI=1S/C17H15FN2O7S/c1-26-16(22)9-3-5-11(17(23)27-2)14(7-9)28(24,25)20-10-4-6-13(18)12(8-10)15(19)21/h3-8,20H,1-2H3,(H2,19,21). The molecule has 0 aliphatic carbocycles. The number of amides is 1. The van der Waals surface area contributed by atoms with Gasteiger partial charge in [0.1, 0.15) is 10.7 Å². The number of ether oxygens (including phenoxy) is 2. The highest BCUT2D eigenvalue weighted by atomic mass is 32.2. The van der Waals surface area contributed by atoms with E-state index in [0.717, 1.165) is 44.6 Å². The molecule has 2 aromatic rings. The molecule has 0 aliphatic rings. The Labute approximate surface area is 159 Å². The van der Waals surface area contributed by atoms with Crippen LogP contribution in [0.4, 0.5) is 10.1 Å². The molecule has 11 heteroatoms. The number of sulfonamides is 1. The fourth-order valence-electron chi connectivity index (χ4n) is 2.26. The fourth-order valence-corrected chi connectivity index (χ4v) is 3.53. The number of carbonyl (C=O) groups is 3. The number of nitrogens with one attached hydrogen (secondary N) is 1. The third kappa shape index (κ3) is 4.26. The maximum absolute atomic E-state index is 13.6. The predicted molar refractivity (Wildman–Crippen MR) is 94.8 cm³/mol. The Morgan fingerprint density at radius 3 is 2.18 bits per heavy atom. The molecule has 0 radical (unpaired) electrons. The molecule has 9 nitrogen and oxygen atoms in total. The van der Waals surface area contributed by atoms with Crippen LogP contribution >= 0.6 is 0 Å². The summed E-state index contributed by atoms with van der Waals surface area (Å²) in [6.07, 6.45) is 0. The third-order valence-electron chi connectivity index (χ3n) is 3.58. The Kier molecular flexibility index (Phi) is 5.99. The van der Waals surface area contributed by atoms with Crippen molar-refractivity contribution in [3.63, 3.8) is 0 Å². The number of rotatable bonds is 6. The van der Waals surface area contributed by atoms with Gasteiger partial charge in [0, 0.05) is 5.69 Å². The Balaban J connectivity index is 2.57. The first-order chi connectivity index (χ1) is 13.1. The van der Waals surface area contributed by atoms with E-state index in [-0.39, 0.29) is 16.8 Å². The first kappa shape index (κ1) is 20.8. The first-order valence-electron chi connectivity index (χ1n) is 7.53. The highest BCUT2D eigenvalue weighted by Crippen LogP contribution is 2.24. The Morgan fingerprint density at radius 1 is 0.964 bits per heavy atom. The van der Waals surface area contributed by atoms with Gasteiger partial charge in [-0.05, 0) is 36.4 Å². The molecule has 2 rings (SSSR count). The lowest BCUT2D eigenvalue weighted by Gasteiger charge is -2.13. The summed E-state index contributed by atoms with van der Waals surface area (Å²) in [5, 5.41) is 0. The van der Waals surface area contributed by atoms with Crippen molar-refractivity contribution in [2.24, 2.45) is 5.73 Å². The second-order valence-electron chi connectivity index (χ2n) is 5.36. The van der Waals surface area contributed by atoms with Gasteiger partial charge in [0.2, 0.25) is 0 Å². The van der Waals surface area contributed by atoms with Crippen molar-refractivity contribution in [2.45, 2.75) is 4.90 Å². The minimum absolute atomic E-state index is 0.132. The van der Waals surface area contributed by atoms with E-state index in [0.29, 0.717) is 0 Å². The molecule has 2 aromatic carbocycles. The molecule has 0 unspecified atom stereocenters. The topological polar surface area (TPSA) is 142 Å². The zero-order valence-electron chi connectivity index (χ0n) is 14.7. The van der Waals surface area contributed by atoms with Crippen LogP contribution in [-0.2, 0) is 19.5 Å². The van der Waals surface area contributed by atoms with E-state index in [1.165, 1.54) is 6.07 Å². The van der Waals surface area contributed by atoms with Crippen molar-refractivity contribution in [3.05, 3.63) is 58.9 Å². The van der Waals surface area contributed by atoms with Gasteiger partial charge in [0.25, 0.3) is 15.9 Å². The van der Waals surface area contributed by atoms with Crippen molar-refractivity contribution >= 4 is 33.6 Å². The number of nitrogens with two attached hydrogens (primary N) is 1. The second kappa shape index (κ2) is 8.05. The number of halogens is 1. The molecular weight excluding hydrogens is 395 g/mol. The molecule has 0 aliphatic heterocycles. The van der Waals surface area contributed by atoms with Gasteiger partial charge in [-0.1, -0.05) is 0 Å². The summed E-state index contributed by atoms with van der Waals surface area (Å²) in [5.74, 6) is -3.82. The zero-order chi connectivity index (χ0) is 21.1. The molecule has 0 fully saturated rings. The number of esters is 2.